The molecule has 0 aliphatic carbocycles. The minimum Gasteiger partial charge on any atom is -0.438 e. The fraction of sp³-hybridized carbons (Fsp3) is 0.667. The maximum Gasteiger partial charge on any atom is 0.315 e. The van der Waals surface area contributed by atoms with Gasteiger partial charge < -0.3 is 29.5 Å². The van der Waals surface area contributed by atoms with Gasteiger partial charge in [0.2, 0.25) is 0 Å². The van der Waals surface area contributed by atoms with Crippen LogP contribution in [0.25, 0.3) is 0 Å². The van der Waals surface area contributed by atoms with Gasteiger partial charge in [-0.2, -0.15) is 0 Å². The third-order valence-electron chi connectivity index (χ3n) is 4.17. The predicted octanol–water partition coefficient (Wildman–Crippen LogP) is -1.09. The molecular formula is C18H26O12. The predicted molar refractivity (Wildman–Crippen MR) is 95.0 cm³/mol. The highest BCUT2D eigenvalue weighted by atomic mass is 16.6. The zero-order valence-corrected chi connectivity index (χ0v) is 16.6. The molecule has 12 nitrogen and oxygen atoms in total. The Morgan fingerprint density at radius 2 is 0.867 bits per heavy atom. The maximum atomic E-state index is 12.3. The smallest absolute Gasteiger partial charge is 0.315 e. The summed E-state index contributed by atoms with van der Waals surface area (Å²) < 4.78 is 12.8. The lowest BCUT2D eigenvalue weighted by Crippen LogP contribution is -2.32. The Balaban J connectivity index is 5.40. The first-order chi connectivity index (χ1) is 14.1. The number of hydrogen-bond acceptors (Lipinski definition) is 12. The summed E-state index contributed by atoms with van der Waals surface area (Å²) in [5.74, 6) is -5.01. The summed E-state index contributed by atoms with van der Waals surface area (Å²) in [5.41, 5.74) is -1.30. The Hall–Kier alpha value is -2.70. The van der Waals surface area contributed by atoms with Crippen LogP contribution in [0.5, 0.6) is 0 Å². The standard InChI is InChI=1S/C18H26O12/c1-2-18(6-12(22)3-15(25)28-9-19,7-13(23)4-16(26)29-10-20)8-14(24)5-17(27)30-11-21/h19-21H,2-11H2,1H3. The Labute approximate surface area is 172 Å². The number of aliphatic hydroxyl groups is 3. The van der Waals surface area contributed by atoms with E-state index in [9.17, 15) is 28.8 Å². The summed E-state index contributed by atoms with van der Waals surface area (Å²) in [4.78, 5) is 71.0. The highest BCUT2D eigenvalue weighted by molar-refractivity contribution is 6.00. The van der Waals surface area contributed by atoms with Gasteiger partial charge in [-0.3, -0.25) is 28.8 Å². The van der Waals surface area contributed by atoms with Crippen molar-refractivity contribution in [3.63, 3.8) is 0 Å². The molecule has 0 fully saturated rings. The molecule has 0 aliphatic heterocycles. The highest BCUT2D eigenvalue weighted by Crippen LogP contribution is 2.37. The van der Waals surface area contributed by atoms with Crippen molar-refractivity contribution >= 4 is 35.3 Å². The van der Waals surface area contributed by atoms with Crippen LogP contribution in [0.4, 0.5) is 0 Å². The Kier molecular flexibility index (Phi) is 13.0. The molecule has 0 atom stereocenters. The van der Waals surface area contributed by atoms with Crippen molar-refractivity contribution in [2.24, 2.45) is 5.41 Å². The van der Waals surface area contributed by atoms with Gasteiger partial charge in [0, 0.05) is 19.3 Å². The summed E-state index contributed by atoms with van der Waals surface area (Å²) in [5, 5.41) is 25.7. The van der Waals surface area contributed by atoms with Gasteiger partial charge in [-0.05, 0) is 11.8 Å². The molecule has 0 aromatic carbocycles. The second-order valence-electron chi connectivity index (χ2n) is 6.47. The largest absolute Gasteiger partial charge is 0.438 e. The fourth-order valence-corrected chi connectivity index (χ4v) is 2.86. The number of aliphatic hydroxyl groups excluding tert-OH is 3. The first-order valence-electron chi connectivity index (χ1n) is 8.96. The average molecular weight is 434 g/mol. The van der Waals surface area contributed by atoms with E-state index < -0.39 is 99.6 Å². The quantitative estimate of drug-likeness (QED) is 0.115. The molecule has 12 heteroatoms. The van der Waals surface area contributed by atoms with E-state index in [2.05, 4.69) is 14.2 Å². The van der Waals surface area contributed by atoms with E-state index in [4.69, 9.17) is 15.3 Å². The topological polar surface area (TPSA) is 191 Å². The molecule has 0 radical (unpaired) electrons. The first-order valence-corrected chi connectivity index (χ1v) is 8.96. The molecule has 170 valence electrons. The van der Waals surface area contributed by atoms with Crippen molar-refractivity contribution in [2.75, 3.05) is 20.4 Å². The van der Waals surface area contributed by atoms with Gasteiger partial charge >= 0.3 is 17.9 Å². The molecule has 3 N–H and O–H groups in total. The molecule has 30 heavy (non-hydrogen) atoms. The van der Waals surface area contributed by atoms with E-state index in [1.165, 1.54) is 0 Å². The Morgan fingerprint density at radius 1 is 0.600 bits per heavy atom. The van der Waals surface area contributed by atoms with Crippen LogP contribution in [0.3, 0.4) is 0 Å². The lowest BCUT2D eigenvalue weighted by Gasteiger charge is -2.31. The van der Waals surface area contributed by atoms with Crippen LogP contribution in [0, 0.1) is 5.41 Å². The second-order valence-corrected chi connectivity index (χ2v) is 6.47. The Bertz CT molecular complexity index is 555. The van der Waals surface area contributed by atoms with Crippen molar-refractivity contribution in [3.05, 3.63) is 0 Å². The van der Waals surface area contributed by atoms with Crippen LogP contribution in [0.1, 0.15) is 51.9 Å². The number of ketones is 3. The lowest BCUT2D eigenvalue weighted by molar-refractivity contribution is -0.154. The van der Waals surface area contributed by atoms with Gasteiger partial charge in [0.1, 0.15) is 36.6 Å². The van der Waals surface area contributed by atoms with Gasteiger partial charge in [-0.25, -0.2) is 0 Å². The molecule has 0 unspecified atom stereocenters. The number of carbonyl (C=O) groups is 6. The lowest BCUT2D eigenvalue weighted by atomic mass is 9.71. The summed E-state index contributed by atoms with van der Waals surface area (Å²) in [6, 6.07) is 0. The number of esters is 3. The summed E-state index contributed by atoms with van der Waals surface area (Å²) >= 11 is 0. The maximum absolute atomic E-state index is 12.3. The minimum absolute atomic E-state index is 0.107. The zero-order valence-electron chi connectivity index (χ0n) is 16.6. The van der Waals surface area contributed by atoms with Crippen molar-refractivity contribution in [1.82, 2.24) is 0 Å². The SMILES string of the molecule is CCC(CC(=O)CC(=O)OCO)(CC(=O)CC(=O)OCO)CC(=O)CC(=O)OCO. The van der Waals surface area contributed by atoms with Crippen molar-refractivity contribution in [1.29, 1.82) is 0 Å². The third-order valence-corrected chi connectivity index (χ3v) is 4.17. The fourth-order valence-electron chi connectivity index (χ4n) is 2.86. The molecule has 0 saturated heterocycles. The third kappa shape index (κ3) is 11.3. The molecule has 0 aromatic rings. The number of hydrogen-bond donors (Lipinski definition) is 3. The van der Waals surface area contributed by atoms with Gasteiger partial charge in [0.05, 0.1) is 0 Å². The van der Waals surface area contributed by atoms with E-state index in [-0.39, 0.29) is 6.42 Å². The van der Waals surface area contributed by atoms with Gasteiger partial charge in [-0.1, -0.05) is 6.92 Å². The first kappa shape index (κ1) is 27.3. The van der Waals surface area contributed by atoms with Crippen molar-refractivity contribution < 1.29 is 58.3 Å². The number of Topliss-reactive ketones (excluding diaryl/α,β-unsaturated/α-hetero) is 3. The van der Waals surface area contributed by atoms with E-state index in [0.717, 1.165) is 0 Å². The van der Waals surface area contributed by atoms with Crippen LogP contribution in [0.15, 0.2) is 0 Å². The Morgan fingerprint density at radius 3 is 1.07 bits per heavy atom. The van der Waals surface area contributed by atoms with Crippen LogP contribution < -0.4 is 0 Å². The van der Waals surface area contributed by atoms with E-state index in [1.807, 2.05) is 0 Å². The summed E-state index contributed by atoms with van der Waals surface area (Å²) in [7, 11) is 0. The molecule has 0 bridgehead atoms. The average Bonchev–Trinajstić information content (AvgIpc) is 2.61. The van der Waals surface area contributed by atoms with E-state index in [1.54, 1.807) is 6.92 Å². The van der Waals surface area contributed by atoms with E-state index in [0.29, 0.717) is 0 Å². The number of rotatable bonds is 16. The van der Waals surface area contributed by atoms with Crippen LogP contribution >= 0.6 is 0 Å². The van der Waals surface area contributed by atoms with Crippen molar-refractivity contribution in [2.45, 2.75) is 51.9 Å². The molecule has 0 aliphatic rings. The number of ether oxygens (including phenoxy) is 3. The van der Waals surface area contributed by atoms with Crippen LogP contribution in [0.2, 0.25) is 0 Å². The monoisotopic (exact) mass is 434 g/mol. The highest BCUT2D eigenvalue weighted by Gasteiger charge is 2.37. The summed E-state index contributed by atoms with van der Waals surface area (Å²) in [6.07, 6.45) is -3.24. The van der Waals surface area contributed by atoms with Crippen molar-refractivity contribution in [3.8, 4) is 0 Å². The van der Waals surface area contributed by atoms with Crippen LogP contribution in [-0.4, -0.2) is 71.0 Å². The van der Waals surface area contributed by atoms with Gasteiger partial charge in [-0.15, -0.1) is 0 Å². The molecule has 0 heterocycles. The zero-order chi connectivity index (χ0) is 23.2. The van der Waals surface area contributed by atoms with Gasteiger partial charge in [0.15, 0.2) is 20.4 Å². The molecule has 0 aromatic heterocycles. The van der Waals surface area contributed by atoms with Gasteiger partial charge in [0.25, 0.3) is 0 Å². The molecule has 0 spiro atoms. The minimum atomic E-state index is -1.30. The second kappa shape index (κ2) is 14.3. The molecule has 0 rings (SSSR count). The van der Waals surface area contributed by atoms with E-state index >= 15 is 0 Å². The molecular weight excluding hydrogens is 408 g/mol. The van der Waals surface area contributed by atoms with Crippen LogP contribution in [-0.2, 0) is 43.0 Å². The molecule has 0 amide bonds. The summed E-state index contributed by atoms with van der Waals surface area (Å²) in [6.45, 7) is -1.16. The normalized spacial score (nSPS) is 10.8. The molecule has 0 saturated carbocycles. The number of carbonyl (C=O) groups excluding carboxylic acids is 6.